The van der Waals surface area contributed by atoms with Gasteiger partial charge in [-0.1, -0.05) is 6.08 Å². The van der Waals surface area contributed by atoms with E-state index >= 15 is 0 Å². The van der Waals surface area contributed by atoms with Gasteiger partial charge in [0, 0.05) is 10.7 Å². The largest absolute Gasteiger partial charge is 0.347 e. The average Bonchev–Trinajstić information content (AvgIpc) is 2.15. The highest BCUT2D eigenvalue weighted by Crippen LogP contribution is 2.13. The first-order valence-corrected chi connectivity index (χ1v) is 4.87. The molecular formula is C7H13N4OS+. The quantitative estimate of drug-likeness (QED) is 0.406. The Morgan fingerprint density at radius 1 is 2.00 bits per heavy atom. The van der Waals surface area contributed by atoms with Crippen molar-refractivity contribution in [2.45, 2.75) is 6.29 Å². The molecule has 0 fully saturated rings. The van der Waals surface area contributed by atoms with E-state index in [0.29, 0.717) is 0 Å². The molecule has 0 amide bonds. The standard InChI is InChI=1S/C7H13N4OS/c1-3-4-13-11-6-9-5-10(12)7(11)8-2/h3,6-8H,1,4-5H2,2H3/q+1. The van der Waals surface area contributed by atoms with Crippen molar-refractivity contribution in [1.29, 1.82) is 0 Å². The summed E-state index contributed by atoms with van der Waals surface area (Å²) in [4.78, 5) is 15.2. The molecule has 13 heavy (non-hydrogen) atoms. The molecule has 0 spiro atoms. The van der Waals surface area contributed by atoms with Gasteiger partial charge < -0.3 is 0 Å². The summed E-state index contributed by atoms with van der Waals surface area (Å²) in [6.45, 7) is 3.80. The van der Waals surface area contributed by atoms with Crippen LogP contribution in [0.5, 0.6) is 0 Å². The van der Waals surface area contributed by atoms with E-state index in [1.807, 2.05) is 0 Å². The SMILES string of the molecule is C=CCSN1C=NC[N+](=O)C1NC. The first-order valence-electron chi connectivity index (χ1n) is 3.92. The minimum absolute atomic E-state index is 0.191. The Morgan fingerprint density at radius 3 is 3.38 bits per heavy atom. The van der Waals surface area contributed by atoms with Crippen molar-refractivity contribution in [1.82, 2.24) is 9.62 Å². The van der Waals surface area contributed by atoms with Crippen LogP contribution in [0.4, 0.5) is 0 Å². The Labute approximate surface area is 81.6 Å². The number of aliphatic imine (C=N–C) groups is 1. The zero-order valence-corrected chi connectivity index (χ0v) is 8.33. The molecule has 1 atom stereocenters. The maximum Gasteiger partial charge on any atom is 0.347 e. The molecule has 0 radical (unpaired) electrons. The molecule has 0 aliphatic carbocycles. The number of hydrogen-bond donors (Lipinski definition) is 1. The fourth-order valence-electron chi connectivity index (χ4n) is 0.979. The van der Waals surface area contributed by atoms with E-state index in [1.54, 1.807) is 23.8 Å². The number of hydrogen-bond acceptors (Lipinski definition) is 5. The van der Waals surface area contributed by atoms with E-state index in [9.17, 15) is 4.91 Å². The summed E-state index contributed by atoms with van der Waals surface area (Å²) < 4.78 is 2.66. The van der Waals surface area contributed by atoms with Gasteiger partial charge in [-0.15, -0.1) is 6.58 Å². The zero-order valence-electron chi connectivity index (χ0n) is 7.51. The molecule has 6 heteroatoms. The van der Waals surface area contributed by atoms with E-state index in [0.717, 1.165) is 10.5 Å². The molecule has 0 aromatic rings. The zero-order chi connectivity index (χ0) is 9.68. The third kappa shape index (κ3) is 2.53. The summed E-state index contributed by atoms with van der Waals surface area (Å²) in [6.07, 6.45) is 3.13. The molecule has 1 N–H and O–H groups in total. The van der Waals surface area contributed by atoms with Gasteiger partial charge in [-0.2, -0.15) is 0 Å². The molecule has 1 unspecified atom stereocenters. The van der Waals surface area contributed by atoms with Crippen LogP contribution in [0, 0.1) is 4.91 Å². The van der Waals surface area contributed by atoms with Crippen molar-refractivity contribution in [3.8, 4) is 0 Å². The lowest BCUT2D eigenvalue weighted by Crippen LogP contribution is -2.50. The Hall–Kier alpha value is -0.880. The second-order valence-electron chi connectivity index (χ2n) is 2.46. The van der Waals surface area contributed by atoms with Crippen LogP contribution in [0.2, 0.25) is 0 Å². The summed E-state index contributed by atoms with van der Waals surface area (Å²) in [6, 6.07) is 0. The fourth-order valence-corrected chi connectivity index (χ4v) is 1.74. The normalized spacial score (nSPS) is 22.1. The monoisotopic (exact) mass is 201 g/mol. The Bertz CT molecular complexity index is 231. The summed E-state index contributed by atoms with van der Waals surface area (Å²) in [5.74, 6) is 0.762. The van der Waals surface area contributed by atoms with E-state index < -0.39 is 0 Å². The number of nitrogens with zero attached hydrogens (tertiary/aromatic N) is 3. The van der Waals surface area contributed by atoms with Crippen LogP contribution in [0.25, 0.3) is 0 Å². The summed E-state index contributed by atoms with van der Waals surface area (Å²) in [7, 11) is 1.75. The predicted octanol–water partition coefficient (Wildman–Crippen LogP) is 0.404. The minimum atomic E-state index is -0.331. The van der Waals surface area contributed by atoms with Gasteiger partial charge in [-0.25, -0.2) is 14.6 Å². The molecule has 0 saturated heterocycles. The van der Waals surface area contributed by atoms with Crippen LogP contribution in [-0.2, 0) is 0 Å². The molecule has 1 rings (SSSR count). The van der Waals surface area contributed by atoms with Gasteiger partial charge in [0.2, 0.25) is 0 Å². The topological polar surface area (TPSA) is 47.7 Å². The van der Waals surface area contributed by atoms with Gasteiger partial charge in [0.1, 0.15) is 6.34 Å². The molecule has 0 saturated carbocycles. The maximum absolute atomic E-state index is 11.3. The molecule has 1 aliphatic heterocycles. The van der Waals surface area contributed by atoms with E-state index in [1.165, 1.54) is 11.9 Å². The van der Waals surface area contributed by atoms with Crippen molar-refractivity contribution in [3.63, 3.8) is 0 Å². The van der Waals surface area contributed by atoms with Crippen LogP contribution < -0.4 is 5.32 Å². The lowest BCUT2D eigenvalue weighted by atomic mass is 10.7. The third-order valence-corrected chi connectivity index (χ3v) is 2.51. The van der Waals surface area contributed by atoms with Gasteiger partial charge in [0.25, 0.3) is 6.67 Å². The van der Waals surface area contributed by atoms with Gasteiger partial charge in [0.15, 0.2) is 0 Å². The van der Waals surface area contributed by atoms with E-state index in [4.69, 9.17) is 0 Å². The van der Waals surface area contributed by atoms with Crippen molar-refractivity contribution in [3.05, 3.63) is 17.6 Å². The molecule has 1 heterocycles. The van der Waals surface area contributed by atoms with Crippen molar-refractivity contribution >= 4 is 18.3 Å². The van der Waals surface area contributed by atoms with Crippen LogP contribution in [0.1, 0.15) is 0 Å². The van der Waals surface area contributed by atoms with Crippen molar-refractivity contribution in [2.24, 2.45) is 4.99 Å². The molecule has 0 bridgehead atoms. The highest BCUT2D eigenvalue weighted by Gasteiger charge is 2.31. The van der Waals surface area contributed by atoms with Crippen LogP contribution >= 0.6 is 11.9 Å². The first kappa shape index (κ1) is 10.2. The van der Waals surface area contributed by atoms with E-state index in [2.05, 4.69) is 16.9 Å². The Balaban J connectivity index is 2.58. The fraction of sp³-hybridized carbons (Fsp3) is 0.571. The summed E-state index contributed by atoms with van der Waals surface area (Å²) in [5, 5.41) is 2.91. The van der Waals surface area contributed by atoms with Gasteiger partial charge >= 0.3 is 6.29 Å². The Kier molecular flexibility index (Phi) is 3.91. The van der Waals surface area contributed by atoms with Crippen LogP contribution in [-0.4, -0.2) is 41.2 Å². The van der Waals surface area contributed by atoms with Gasteiger partial charge in [-0.3, -0.25) is 0 Å². The highest BCUT2D eigenvalue weighted by molar-refractivity contribution is 7.97. The lowest BCUT2D eigenvalue weighted by molar-refractivity contribution is -0.606. The van der Waals surface area contributed by atoms with E-state index in [-0.39, 0.29) is 13.0 Å². The van der Waals surface area contributed by atoms with Gasteiger partial charge in [-0.05, 0) is 19.0 Å². The third-order valence-electron chi connectivity index (χ3n) is 1.53. The van der Waals surface area contributed by atoms with Crippen LogP contribution in [0.15, 0.2) is 17.6 Å². The molecule has 0 aromatic heterocycles. The number of rotatable bonds is 4. The van der Waals surface area contributed by atoms with Crippen molar-refractivity contribution < 1.29 is 4.76 Å². The first-order chi connectivity index (χ1) is 6.29. The molecule has 0 aromatic carbocycles. The lowest BCUT2D eigenvalue weighted by Gasteiger charge is -2.22. The molecule has 5 nitrogen and oxygen atoms in total. The average molecular weight is 201 g/mol. The van der Waals surface area contributed by atoms with Crippen LogP contribution in [0.3, 0.4) is 0 Å². The minimum Gasteiger partial charge on any atom is -0.239 e. The molecule has 72 valence electrons. The molecular weight excluding hydrogens is 188 g/mol. The maximum atomic E-state index is 11.3. The summed E-state index contributed by atoms with van der Waals surface area (Å²) >= 11 is 1.50. The second kappa shape index (κ2) is 4.98. The number of nitrogens with one attached hydrogen (secondary N) is 1. The van der Waals surface area contributed by atoms with Crippen molar-refractivity contribution in [2.75, 3.05) is 19.5 Å². The molecule has 1 aliphatic rings. The second-order valence-corrected chi connectivity index (χ2v) is 3.48. The number of nitroso groups, excluding NO2 is 1. The highest BCUT2D eigenvalue weighted by atomic mass is 32.2. The smallest absolute Gasteiger partial charge is 0.239 e. The van der Waals surface area contributed by atoms with Gasteiger partial charge in [0.05, 0.1) is 4.76 Å². The Morgan fingerprint density at radius 2 is 2.77 bits per heavy atom. The summed E-state index contributed by atoms with van der Waals surface area (Å²) in [5.41, 5.74) is 0. The predicted molar refractivity (Wildman–Crippen MR) is 54.3 cm³/mol.